The largest absolute Gasteiger partial charge is 0.355 e. The van der Waals surface area contributed by atoms with Crippen molar-refractivity contribution in [3.63, 3.8) is 0 Å². The fraction of sp³-hybridized carbons (Fsp3) is 0.944. The number of sulfonamides is 1. The van der Waals surface area contributed by atoms with Crippen LogP contribution in [0, 0.1) is 5.92 Å². The molecule has 2 fully saturated rings. The molecule has 1 aliphatic carbocycles. The van der Waals surface area contributed by atoms with Crippen molar-refractivity contribution in [1.82, 2.24) is 9.62 Å². The number of amides is 1. The van der Waals surface area contributed by atoms with Crippen molar-refractivity contribution in [2.45, 2.75) is 76.7 Å². The van der Waals surface area contributed by atoms with Crippen LogP contribution < -0.4 is 11.1 Å². The second-order valence-electron chi connectivity index (χ2n) is 7.52. The second kappa shape index (κ2) is 10.5. The number of nitrogens with zero attached hydrogens (tertiary/aromatic N) is 1. The minimum atomic E-state index is -3.27. The first-order valence-electron chi connectivity index (χ1n) is 10.0. The fourth-order valence-electron chi connectivity index (χ4n) is 4.03. The lowest BCUT2D eigenvalue weighted by atomic mass is 9.87. The summed E-state index contributed by atoms with van der Waals surface area (Å²) < 4.78 is 25.9. The zero-order valence-corrected chi connectivity index (χ0v) is 16.2. The van der Waals surface area contributed by atoms with Gasteiger partial charge in [-0.15, -0.1) is 0 Å². The lowest BCUT2D eigenvalue weighted by Gasteiger charge is -2.24. The maximum absolute atomic E-state index is 12.5. The molecule has 0 bridgehead atoms. The standard InChI is InChI=1S/C18H35N3O3S/c19-12-6-1-2-7-14-21-17(11-15-25(21,23)24)18(22)20-13-10-16-8-4-3-5-9-16/h16-17H,1-15,19H2,(H,20,22). The number of hydrogen-bond acceptors (Lipinski definition) is 4. The van der Waals surface area contributed by atoms with Crippen LogP contribution in [0.2, 0.25) is 0 Å². The van der Waals surface area contributed by atoms with E-state index >= 15 is 0 Å². The summed E-state index contributed by atoms with van der Waals surface area (Å²) >= 11 is 0. The SMILES string of the molecule is NCCCCCCN1C(C(=O)NCCC2CCCCC2)CCS1(=O)=O. The molecule has 0 aromatic rings. The molecular weight excluding hydrogens is 338 g/mol. The molecule has 1 atom stereocenters. The van der Waals surface area contributed by atoms with E-state index in [-0.39, 0.29) is 11.7 Å². The Morgan fingerprint density at radius 2 is 1.76 bits per heavy atom. The van der Waals surface area contributed by atoms with E-state index in [1.807, 2.05) is 0 Å². The van der Waals surface area contributed by atoms with Crippen molar-refractivity contribution in [1.29, 1.82) is 0 Å². The van der Waals surface area contributed by atoms with Crippen molar-refractivity contribution in [3.8, 4) is 0 Å². The van der Waals surface area contributed by atoms with Crippen molar-refractivity contribution >= 4 is 15.9 Å². The van der Waals surface area contributed by atoms with Crippen LogP contribution in [-0.4, -0.2) is 50.1 Å². The third-order valence-electron chi connectivity index (χ3n) is 5.57. The molecule has 0 radical (unpaired) electrons. The summed E-state index contributed by atoms with van der Waals surface area (Å²) in [5.41, 5.74) is 5.48. The van der Waals surface area contributed by atoms with Gasteiger partial charge in [-0.3, -0.25) is 4.79 Å². The Balaban J connectivity index is 1.75. The van der Waals surface area contributed by atoms with Gasteiger partial charge in [0.05, 0.1) is 5.75 Å². The zero-order chi connectivity index (χ0) is 18.1. The first kappa shape index (κ1) is 20.6. The first-order chi connectivity index (χ1) is 12.0. The van der Waals surface area contributed by atoms with E-state index in [1.54, 1.807) is 0 Å². The third kappa shape index (κ3) is 6.53. The molecule has 0 aromatic carbocycles. The molecule has 1 unspecified atom stereocenters. The van der Waals surface area contributed by atoms with Crippen molar-refractivity contribution in [3.05, 3.63) is 0 Å². The van der Waals surface area contributed by atoms with Gasteiger partial charge in [0.15, 0.2) is 0 Å². The molecule has 0 spiro atoms. The maximum Gasteiger partial charge on any atom is 0.238 e. The molecule has 0 aromatic heterocycles. The van der Waals surface area contributed by atoms with Crippen LogP contribution in [-0.2, 0) is 14.8 Å². The average Bonchev–Trinajstić information content (AvgIpc) is 2.90. The van der Waals surface area contributed by atoms with Crippen LogP contribution in [0.25, 0.3) is 0 Å². The van der Waals surface area contributed by atoms with Crippen LogP contribution in [0.5, 0.6) is 0 Å². The minimum absolute atomic E-state index is 0.0938. The van der Waals surface area contributed by atoms with E-state index in [9.17, 15) is 13.2 Å². The maximum atomic E-state index is 12.5. The lowest BCUT2D eigenvalue weighted by molar-refractivity contribution is -0.124. The van der Waals surface area contributed by atoms with Gasteiger partial charge in [-0.25, -0.2) is 8.42 Å². The van der Waals surface area contributed by atoms with Gasteiger partial charge in [-0.1, -0.05) is 44.9 Å². The highest BCUT2D eigenvalue weighted by Gasteiger charge is 2.40. The monoisotopic (exact) mass is 373 g/mol. The molecule has 2 rings (SSSR count). The average molecular weight is 374 g/mol. The van der Waals surface area contributed by atoms with Gasteiger partial charge in [0, 0.05) is 13.1 Å². The van der Waals surface area contributed by atoms with E-state index in [0.29, 0.717) is 26.1 Å². The second-order valence-corrected chi connectivity index (χ2v) is 9.56. The van der Waals surface area contributed by atoms with Gasteiger partial charge >= 0.3 is 0 Å². The van der Waals surface area contributed by atoms with E-state index in [1.165, 1.54) is 36.4 Å². The molecule has 3 N–H and O–H groups in total. The highest BCUT2D eigenvalue weighted by atomic mass is 32.2. The molecule has 6 nitrogen and oxygen atoms in total. The Labute approximate surface area is 153 Å². The molecule has 7 heteroatoms. The van der Waals surface area contributed by atoms with Crippen LogP contribution in [0.4, 0.5) is 0 Å². The molecule has 1 heterocycles. The number of nitrogens with one attached hydrogen (secondary N) is 1. The normalized spacial score (nSPS) is 24.4. The van der Waals surface area contributed by atoms with Crippen LogP contribution in [0.1, 0.15) is 70.6 Å². The summed E-state index contributed by atoms with van der Waals surface area (Å²) in [6.07, 6.45) is 11.7. The van der Waals surface area contributed by atoms with E-state index in [4.69, 9.17) is 5.73 Å². The number of unbranched alkanes of at least 4 members (excludes halogenated alkanes) is 3. The van der Waals surface area contributed by atoms with Gasteiger partial charge in [0.25, 0.3) is 0 Å². The molecule has 25 heavy (non-hydrogen) atoms. The fourth-order valence-corrected chi connectivity index (χ4v) is 5.78. The van der Waals surface area contributed by atoms with E-state index in [2.05, 4.69) is 5.32 Å². The minimum Gasteiger partial charge on any atom is -0.355 e. The molecular formula is C18H35N3O3S. The van der Waals surface area contributed by atoms with Gasteiger partial charge < -0.3 is 11.1 Å². The molecule has 1 amide bonds. The van der Waals surface area contributed by atoms with Crippen molar-refractivity contribution in [2.75, 3.05) is 25.4 Å². The molecule has 1 saturated heterocycles. The highest BCUT2D eigenvalue weighted by molar-refractivity contribution is 7.89. The summed E-state index contributed by atoms with van der Waals surface area (Å²) in [6, 6.07) is -0.508. The number of rotatable bonds is 10. The predicted molar refractivity (Wildman–Crippen MR) is 101 cm³/mol. The molecule has 1 aliphatic heterocycles. The highest BCUT2D eigenvalue weighted by Crippen LogP contribution is 2.26. The Morgan fingerprint density at radius 1 is 1.04 bits per heavy atom. The molecule has 146 valence electrons. The van der Waals surface area contributed by atoms with Crippen molar-refractivity contribution in [2.24, 2.45) is 11.7 Å². The van der Waals surface area contributed by atoms with Crippen LogP contribution >= 0.6 is 0 Å². The number of hydrogen-bond donors (Lipinski definition) is 2. The quantitative estimate of drug-likeness (QED) is 0.573. The number of carbonyl (C=O) groups is 1. The van der Waals surface area contributed by atoms with Gasteiger partial charge in [-0.05, 0) is 38.1 Å². The van der Waals surface area contributed by atoms with E-state index in [0.717, 1.165) is 38.0 Å². The topological polar surface area (TPSA) is 92.5 Å². The number of nitrogens with two attached hydrogens (primary N) is 1. The molecule has 1 saturated carbocycles. The van der Waals surface area contributed by atoms with Crippen molar-refractivity contribution < 1.29 is 13.2 Å². The van der Waals surface area contributed by atoms with Gasteiger partial charge in [0.1, 0.15) is 6.04 Å². The summed E-state index contributed by atoms with van der Waals surface area (Å²) in [6.45, 7) is 1.80. The Kier molecular flexibility index (Phi) is 8.66. The lowest BCUT2D eigenvalue weighted by Crippen LogP contribution is -2.45. The predicted octanol–water partition coefficient (Wildman–Crippen LogP) is 2.00. The Hall–Kier alpha value is -0.660. The molecule has 2 aliphatic rings. The number of carbonyl (C=O) groups excluding carboxylic acids is 1. The van der Waals surface area contributed by atoms with Gasteiger partial charge in [-0.2, -0.15) is 4.31 Å². The summed E-state index contributed by atoms with van der Waals surface area (Å²) in [4.78, 5) is 12.5. The summed E-state index contributed by atoms with van der Waals surface area (Å²) in [5, 5.41) is 2.99. The smallest absolute Gasteiger partial charge is 0.238 e. The Bertz CT molecular complexity index is 504. The third-order valence-corrected chi connectivity index (χ3v) is 7.47. The summed E-state index contributed by atoms with van der Waals surface area (Å²) in [5.74, 6) is 0.704. The van der Waals surface area contributed by atoms with Crippen LogP contribution in [0.3, 0.4) is 0 Å². The van der Waals surface area contributed by atoms with Gasteiger partial charge in [0.2, 0.25) is 15.9 Å². The Morgan fingerprint density at radius 3 is 2.48 bits per heavy atom. The van der Waals surface area contributed by atoms with E-state index < -0.39 is 16.1 Å². The van der Waals surface area contributed by atoms with Crippen LogP contribution in [0.15, 0.2) is 0 Å². The summed E-state index contributed by atoms with van der Waals surface area (Å²) in [7, 11) is -3.27. The first-order valence-corrected chi connectivity index (χ1v) is 11.6. The zero-order valence-electron chi connectivity index (χ0n) is 15.4.